The largest absolute Gasteiger partial charge is 0.351 e. The van der Waals surface area contributed by atoms with Gasteiger partial charge in [0.15, 0.2) is 0 Å². The van der Waals surface area contributed by atoms with E-state index in [4.69, 9.17) is 0 Å². The lowest BCUT2D eigenvalue weighted by Gasteiger charge is -2.57. The molecule has 2 aromatic rings. The van der Waals surface area contributed by atoms with Crippen LogP contribution in [-0.2, 0) is 0 Å². The predicted octanol–water partition coefficient (Wildman–Crippen LogP) is 4.85. The number of rotatable bonds is 5. The van der Waals surface area contributed by atoms with Crippen LogP contribution < -0.4 is 5.32 Å². The average molecular weight is 382 g/mol. The second kappa shape index (κ2) is 6.69. The van der Waals surface area contributed by atoms with E-state index in [9.17, 15) is 4.79 Å². The number of aryl methyl sites for hydroxylation is 1. The lowest BCUT2D eigenvalue weighted by Crippen LogP contribution is -2.47. The van der Waals surface area contributed by atoms with Crippen molar-refractivity contribution >= 4 is 17.2 Å². The lowest BCUT2D eigenvalue weighted by molar-refractivity contribution is -0.0564. The Bertz CT molecular complexity index is 809. The van der Waals surface area contributed by atoms with E-state index in [0.29, 0.717) is 5.41 Å². The van der Waals surface area contributed by atoms with Gasteiger partial charge in [0.05, 0.1) is 11.4 Å². The van der Waals surface area contributed by atoms with Gasteiger partial charge in [0, 0.05) is 12.7 Å². The summed E-state index contributed by atoms with van der Waals surface area (Å²) >= 11 is 1.44. The fourth-order valence-corrected chi connectivity index (χ4v) is 7.28. The fourth-order valence-electron chi connectivity index (χ4n) is 6.32. The van der Waals surface area contributed by atoms with Gasteiger partial charge in [-0.2, -0.15) is 0 Å². The second-order valence-electron chi connectivity index (χ2n) is 9.07. The highest BCUT2D eigenvalue weighted by molar-refractivity contribution is 7.17. The number of aromatic nitrogens is 2. The third kappa shape index (κ3) is 3.31. The Labute approximate surface area is 164 Å². The van der Waals surface area contributed by atoms with Crippen LogP contribution in [0.25, 0.3) is 10.7 Å². The number of carbonyl (C=O) groups excluding carboxylic acids is 1. The molecule has 4 fully saturated rings. The van der Waals surface area contributed by atoms with Crippen LogP contribution in [0.3, 0.4) is 0 Å². The minimum atomic E-state index is 0.0249. The molecule has 142 valence electrons. The van der Waals surface area contributed by atoms with Gasteiger partial charge in [-0.25, -0.2) is 4.98 Å². The van der Waals surface area contributed by atoms with Crippen molar-refractivity contribution in [3.8, 4) is 10.7 Å². The quantitative estimate of drug-likeness (QED) is 0.805. The maximum Gasteiger partial charge on any atom is 0.263 e. The Kier molecular flexibility index (Phi) is 4.30. The molecule has 0 aliphatic heterocycles. The summed E-state index contributed by atoms with van der Waals surface area (Å²) < 4.78 is 0. The van der Waals surface area contributed by atoms with Crippen molar-refractivity contribution in [1.82, 2.24) is 15.3 Å². The zero-order valence-electron chi connectivity index (χ0n) is 15.9. The number of nitrogens with one attached hydrogen (secondary N) is 1. The maximum absolute atomic E-state index is 12.7. The van der Waals surface area contributed by atoms with Crippen LogP contribution in [0.2, 0.25) is 0 Å². The van der Waals surface area contributed by atoms with Crippen molar-refractivity contribution in [1.29, 1.82) is 0 Å². The van der Waals surface area contributed by atoms with Crippen LogP contribution >= 0.6 is 11.3 Å². The van der Waals surface area contributed by atoms with Gasteiger partial charge in [0.1, 0.15) is 9.88 Å². The normalized spacial score (nSPS) is 31.2. The first-order valence-electron chi connectivity index (χ1n) is 10.3. The van der Waals surface area contributed by atoms with Crippen LogP contribution in [-0.4, -0.2) is 22.4 Å². The van der Waals surface area contributed by atoms with E-state index >= 15 is 0 Å². The molecule has 0 radical (unpaired) electrons. The van der Waals surface area contributed by atoms with Crippen molar-refractivity contribution in [2.75, 3.05) is 6.54 Å². The van der Waals surface area contributed by atoms with Crippen molar-refractivity contribution in [2.45, 2.75) is 51.9 Å². The molecule has 0 saturated heterocycles. The second-order valence-corrected chi connectivity index (χ2v) is 10.1. The Morgan fingerprint density at radius 2 is 1.89 bits per heavy atom. The molecule has 4 aliphatic rings. The number of thiazole rings is 1. The standard InChI is InChI=1S/C22H27N3OS/c1-14-19(27-21(25-14)18-4-2-3-6-23-18)20(26)24-7-5-22-11-15-8-16(12-22)10-17(9-15)13-22/h2-4,6,15-17H,5,7-13H2,1H3,(H,24,26). The molecule has 27 heavy (non-hydrogen) atoms. The number of hydrogen-bond donors (Lipinski definition) is 1. The zero-order valence-corrected chi connectivity index (χ0v) is 16.7. The van der Waals surface area contributed by atoms with E-state index in [1.165, 1.54) is 49.9 Å². The van der Waals surface area contributed by atoms with E-state index in [-0.39, 0.29) is 5.91 Å². The van der Waals surface area contributed by atoms with E-state index in [2.05, 4.69) is 15.3 Å². The summed E-state index contributed by atoms with van der Waals surface area (Å²) in [5.74, 6) is 2.93. The molecule has 4 nitrogen and oxygen atoms in total. The van der Waals surface area contributed by atoms with Crippen molar-refractivity contribution in [2.24, 2.45) is 23.2 Å². The summed E-state index contributed by atoms with van der Waals surface area (Å²) in [7, 11) is 0. The van der Waals surface area contributed by atoms with Gasteiger partial charge in [0.2, 0.25) is 0 Å². The third-order valence-corrected chi connectivity index (χ3v) is 8.17. The van der Waals surface area contributed by atoms with Crippen LogP contribution in [0.15, 0.2) is 24.4 Å². The average Bonchev–Trinajstić information content (AvgIpc) is 3.03. The zero-order chi connectivity index (χ0) is 18.4. The fraction of sp³-hybridized carbons (Fsp3) is 0.591. The summed E-state index contributed by atoms with van der Waals surface area (Å²) in [5.41, 5.74) is 2.15. The van der Waals surface area contributed by atoms with Gasteiger partial charge < -0.3 is 5.32 Å². The first kappa shape index (κ1) is 17.4. The van der Waals surface area contributed by atoms with Crippen LogP contribution in [0, 0.1) is 30.1 Å². The van der Waals surface area contributed by atoms with Crippen molar-refractivity contribution < 1.29 is 4.79 Å². The molecule has 0 unspecified atom stereocenters. The molecule has 6 rings (SSSR count). The third-order valence-electron chi connectivity index (χ3n) is 6.99. The Morgan fingerprint density at radius 3 is 2.52 bits per heavy atom. The molecule has 1 amide bonds. The number of nitrogens with zero attached hydrogens (tertiary/aromatic N) is 2. The first-order valence-corrected chi connectivity index (χ1v) is 11.1. The summed E-state index contributed by atoms with van der Waals surface area (Å²) in [6.45, 7) is 2.71. The van der Waals surface area contributed by atoms with Crippen LogP contribution in [0.5, 0.6) is 0 Å². The van der Waals surface area contributed by atoms with Crippen LogP contribution in [0.4, 0.5) is 0 Å². The molecule has 1 N–H and O–H groups in total. The Hall–Kier alpha value is -1.75. The molecule has 2 aromatic heterocycles. The van der Waals surface area contributed by atoms with Gasteiger partial charge in [-0.3, -0.25) is 9.78 Å². The molecule has 4 bridgehead atoms. The highest BCUT2D eigenvalue weighted by Crippen LogP contribution is 2.61. The van der Waals surface area contributed by atoms with E-state index in [1.807, 2.05) is 25.1 Å². The topological polar surface area (TPSA) is 54.9 Å². The molecule has 5 heteroatoms. The van der Waals surface area contributed by atoms with Crippen molar-refractivity contribution in [3.63, 3.8) is 0 Å². The molecular weight excluding hydrogens is 354 g/mol. The highest BCUT2D eigenvalue weighted by atomic mass is 32.1. The minimum Gasteiger partial charge on any atom is -0.351 e. The number of hydrogen-bond acceptors (Lipinski definition) is 4. The molecule has 4 aliphatic carbocycles. The Morgan fingerprint density at radius 1 is 1.19 bits per heavy atom. The number of pyridine rings is 1. The van der Waals surface area contributed by atoms with E-state index < -0.39 is 0 Å². The van der Waals surface area contributed by atoms with E-state index in [1.54, 1.807) is 6.20 Å². The molecule has 0 atom stereocenters. The van der Waals surface area contributed by atoms with Gasteiger partial charge in [-0.1, -0.05) is 6.07 Å². The van der Waals surface area contributed by atoms with Crippen molar-refractivity contribution in [3.05, 3.63) is 35.0 Å². The molecule has 2 heterocycles. The maximum atomic E-state index is 12.7. The molecular formula is C22H27N3OS. The van der Waals surface area contributed by atoms with Gasteiger partial charge in [-0.05, 0) is 87.2 Å². The van der Waals surface area contributed by atoms with Crippen LogP contribution in [0.1, 0.15) is 60.3 Å². The number of carbonyl (C=O) groups is 1. The summed E-state index contributed by atoms with van der Waals surface area (Å²) in [6, 6.07) is 5.78. The summed E-state index contributed by atoms with van der Waals surface area (Å²) in [4.78, 5) is 22.4. The van der Waals surface area contributed by atoms with Gasteiger partial charge in [0.25, 0.3) is 5.91 Å². The Balaban J connectivity index is 1.22. The highest BCUT2D eigenvalue weighted by Gasteiger charge is 2.50. The first-order chi connectivity index (χ1) is 13.1. The molecule has 4 saturated carbocycles. The predicted molar refractivity (Wildman–Crippen MR) is 108 cm³/mol. The SMILES string of the molecule is Cc1nc(-c2ccccn2)sc1C(=O)NCCC12CC3CC(CC(C3)C1)C2. The monoisotopic (exact) mass is 381 g/mol. The number of amides is 1. The smallest absolute Gasteiger partial charge is 0.263 e. The lowest BCUT2D eigenvalue weighted by atomic mass is 9.49. The molecule has 0 spiro atoms. The molecule has 0 aromatic carbocycles. The van der Waals surface area contributed by atoms with E-state index in [0.717, 1.165) is 52.0 Å². The minimum absolute atomic E-state index is 0.0249. The van der Waals surface area contributed by atoms with Gasteiger partial charge >= 0.3 is 0 Å². The summed E-state index contributed by atoms with van der Waals surface area (Å²) in [5, 5.41) is 4.01. The van der Waals surface area contributed by atoms with Gasteiger partial charge in [-0.15, -0.1) is 11.3 Å². The summed E-state index contributed by atoms with van der Waals surface area (Å²) in [6.07, 6.45) is 11.5.